The van der Waals surface area contributed by atoms with Crippen LogP contribution in [0.5, 0.6) is 0 Å². The molecule has 3 aliphatic rings. The van der Waals surface area contributed by atoms with Crippen LogP contribution in [0.15, 0.2) is 35.0 Å². The van der Waals surface area contributed by atoms with Crippen molar-refractivity contribution in [1.29, 1.82) is 0 Å². The van der Waals surface area contributed by atoms with E-state index in [1.807, 2.05) is 0 Å². The second-order valence-corrected chi connectivity index (χ2v) is 8.40. The Bertz CT molecular complexity index is 1050. The number of hydrogen-bond acceptors (Lipinski definition) is 7. The van der Waals surface area contributed by atoms with E-state index >= 15 is 0 Å². The van der Waals surface area contributed by atoms with Gasteiger partial charge in [-0.25, -0.2) is 4.98 Å². The van der Waals surface area contributed by atoms with Crippen molar-refractivity contribution in [3.05, 3.63) is 35.3 Å². The normalized spacial score (nSPS) is 21.5. The molecule has 1 N–H and O–H groups in total. The van der Waals surface area contributed by atoms with E-state index < -0.39 is 0 Å². The Hall–Kier alpha value is -2.71. The molecule has 0 saturated carbocycles. The first-order valence-electron chi connectivity index (χ1n) is 10.7. The lowest BCUT2D eigenvalue weighted by atomic mass is 10.0. The summed E-state index contributed by atoms with van der Waals surface area (Å²) in [5.41, 5.74) is 2.66. The largest absolute Gasteiger partial charge is 0.378 e. The first-order chi connectivity index (χ1) is 15.2. The summed E-state index contributed by atoms with van der Waals surface area (Å²) >= 11 is 6.31. The Kier molecular flexibility index (Phi) is 5.74. The number of fused-ring (bicyclic) bond motifs is 1. The van der Waals surface area contributed by atoms with Crippen LogP contribution in [-0.2, 0) is 9.53 Å². The van der Waals surface area contributed by atoms with Gasteiger partial charge in [-0.15, -0.1) is 0 Å². The Morgan fingerprint density at radius 3 is 2.84 bits per heavy atom. The summed E-state index contributed by atoms with van der Waals surface area (Å²) in [6, 6.07) is 6.32. The van der Waals surface area contributed by atoms with Crippen molar-refractivity contribution in [2.24, 2.45) is 4.99 Å². The van der Waals surface area contributed by atoms with Crippen molar-refractivity contribution in [3.63, 3.8) is 0 Å². The van der Waals surface area contributed by atoms with Crippen molar-refractivity contribution in [3.8, 4) is 0 Å². The van der Waals surface area contributed by atoms with Gasteiger partial charge < -0.3 is 19.9 Å². The van der Waals surface area contributed by atoms with Gasteiger partial charge in [0.15, 0.2) is 0 Å². The maximum Gasteiger partial charge on any atom is 0.249 e. The summed E-state index contributed by atoms with van der Waals surface area (Å²) in [4.78, 5) is 30.0. The van der Waals surface area contributed by atoms with Gasteiger partial charge in [0.25, 0.3) is 0 Å². The molecule has 1 unspecified atom stereocenters. The minimum absolute atomic E-state index is 0.0370. The summed E-state index contributed by atoms with van der Waals surface area (Å²) in [6.45, 7) is 4.76. The van der Waals surface area contributed by atoms with Gasteiger partial charge in [-0.2, -0.15) is 4.98 Å². The second-order valence-electron chi connectivity index (χ2n) is 8.07. The number of nitrogens with zero attached hydrogens (tertiary/aromatic N) is 5. The molecule has 1 aromatic heterocycles. The maximum absolute atomic E-state index is 12.5. The van der Waals surface area contributed by atoms with E-state index in [2.05, 4.69) is 48.3 Å². The molecule has 5 rings (SSSR count). The highest BCUT2D eigenvalue weighted by Gasteiger charge is 2.25. The molecule has 2 fully saturated rings. The Balaban J connectivity index is 1.37. The minimum atomic E-state index is -0.0370. The predicted octanol–water partition coefficient (Wildman–Crippen LogP) is 2.56. The molecular formula is C22H25ClN6O2. The molecule has 0 spiro atoms. The zero-order chi connectivity index (χ0) is 21.2. The summed E-state index contributed by atoms with van der Waals surface area (Å²) < 4.78 is 5.46. The van der Waals surface area contributed by atoms with Gasteiger partial charge in [-0.3, -0.25) is 9.79 Å². The molecule has 0 aliphatic carbocycles. The van der Waals surface area contributed by atoms with Crippen LogP contribution in [0.1, 0.15) is 19.3 Å². The fourth-order valence-electron chi connectivity index (χ4n) is 4.40. The highest BCUT2D eigenvalue weighted by atomic mass is 35.5. The molecule has 0 radical (unpaired) electrons. The lowest BCUT2D eigenvalue weighted by molar-refractivity contribution is -0.118. The number of anilines is 2. The van der Waals surface area contributed by atoms with Crippen molar-refractivity contribution < 1.29 is 9.53 Å². The molecule has 2 aromatic rings. The van der Waals surface area contributed by atoms with E-state index in [9.17, 15) is 4.79 Å². The van der Waals surface area contributed by atoms with Gasteiger partial charge in [0.05, 0.1) is 18.7 Å². The van der Waals surface area contributed by atoms with Crippen molar-refractivity contribution in [2.45, 2.75) is 25.3 Å². The SMILES string of the molecule is O=C(NC1CCCN(c2nc(Cl)nc3cc(N4CCOCC4)ccc23)C1)C1=CN=CC1. The Labute approximate surface area is 185 Å². The number of benzene rings is 1. The third-order valence-electron chi connectivity index (χ3n) is 6.00. The third-order valence-corrected chi connectivity index (χ3v) is 6.17. The van der Waals surface area contributed by atoms with Crippen LogP contribution in [0.25, 0.3) is 10.9 Å². The van der Waals surface area contributed by atoms with Crippen LogP contribution in [-0.4, -0.2) is 67.5 Å². The lowest BCUT2D eigenvalue weighted by Crippen LogP contribution is -2.48. The van der Waals surface area contributed by atoms with Crippen molar-refractivity contribution in [1.82, 2.24) is 15.3 Å². The number of morpholine rings is 1. The highest BCUT2D eigenvalue weighted by molar-refractivity contribution is 6.28. The monoisotopic (exact) mass is 440 g/mol. The van der Waals surface area contributed by atoms with Crippen LogP contribution in [0.2, 0.25) is 5.28 Å². The van der Waals surface area contributed by atoms with E-state index in [1.165, 1.54) is 0 Å². The number of aromatic nitrogens is 2. The molecular weight excluding hydrogens is 416 g/mol. The number of carbonyl (C=O) groups is 1. The Morgan fingerprint density at radius 1 is 1.16 bits per heavy atom. The average Bonchev–Trinajstić information content (AvgIpc) is 3.34. The standard InChI is InChI=1S/C22H25ClN6O2/c23-22-26-19-12-17(28-8-10-31-11-9-28)3-4-18(19)20(27-22)29-7-1-2-16(14-29)25-21(30)15-5-6-24-13-15/h3-4,6,12-13,16H,1-2,5,7-11,14H2,(H,25,30). The molecule has 1 amide bonds. The molecule has 162 valence electrons. The van der Waals surface area contributed by atoms with Crippen LogP contribution < -0.4 is 15.1 Å². The van der Waals surface area contributed by atoms with Gasteiger partial charge in [-0.05, 0) is 42.6 Å². The number of aliphatic imine (C=N–C) groups is 1. The third kappa shape index (κ3) is 4.36. The number of nitrogens with one attached hydrogen (secondary N) is 1. The van der Waals surface area contributed by atoms with Gasteiger partial charge in [0.2, 0.25) is 11.2 Å². The number of amides is 1. The molecule has 9 heteroatoms. The van der Waals surface area contributed by atoms with E-state index in [1.54, 1.807) is 12.4 Å². The van der Waals surface area contributed by atoms with E-state index in [0.717, 1.165) is 68.1 Å². The molecule has 4 heterocycles. The van der Waals surface area contributed by atoms with E-state index in [0.29, 0.717) is 18.5 Å². The predicted molar refractivity (Wildman–Crippen MR) is 122 cm³/mol. The first-order valence-corrected chi connectivity index (χ1v) is 11.1. The summed E-state index contributed by atoms with van der Waals surface area (Å²) in [7, 11) is 0. The zero-order valence-electron chi connectivity index (χ0n) is 17.3. The number of carbonyl (C=O) groups excluding carboxylic acids is 1. The number of hydrogen-bond donors (Lipinski definition) is 1. The molecule has 1 atom stereocenters. The van der Waals surface area contributed by atoms with Crippen LogP contribution >= 0.6 is 11.6 Å². The van der Waals surface area contributed by atoms with Crippen LogP contribution in [0, 0.1) is 0 Å². The van der Waals surface area contributed by atoms with Gasteiger partial charge >= 0.3 is 0 Å². The molecule has 3 aliphatic heterocycles. The highest BCUT2D eigenvalue weighted by Crippen LogP contribution is 2.31. The first kappa shape index (κ1) is 20.2. The topological polar surface area (TPSA) is 83.0 Å². The smallest absolute Gasteiger partial charge is 0.249 e. The van der Waals surface area contributed by atoms with Crippen LogP contribution in [0.4, 0.5) is 11.5 Å². The fourth-order valence-corrected chi connectivity index (χ4v) is 4.57. The minimum Gasteiger partial charge on any atom is -0.378 e. The maximum atomic E-state index is 12.5. The number of piperidine rings is 1. The number of rotatable bonds is 4. The second kappa shape index (κ2) is 8.80. The molecule has 1 aromatic carbocycles. The molecule has 8 nitrogen and oxygen atoms in total. The van der Waals surface area contributed by atoms with Crippen LogP contribution in [0.3, 0.4) is 0 Å². The zero-order valence-corrected chi connectivity index (χ0v) is 18.0. The molecule has 0 bridgehead atoms. The molecule has 2 saturated heterocycles. The van der Waals surface area contributed by atoms with Gasteiger partial charge in [-0.1, -0.05) is 0 Å². The summed E-state index contributed by atoms with van der Waals surface area (Å²) in [5.74, 6) is 0.788. The average molecular weight is 441 g/mol. The lowest BCUT2D eigenvalue weighted by Gasteiger charge is -2.34. The summed E-state index contributed by atoms with van der Waals surface area (Å²) in [6.07, 6.45) is 5.89. The fraction of sp³-hybridized carbons (Fsp3) is 0.455. The van der Waals surface area contributed by atoms with E-state index in [-0.39, 0.29) is 17.2 Å². The van der Waals surface area contributed by atoms with Crippen molar-refractivity contribution in [2.75, 3.05) is 49.2 Å². The molecule has 31 heavy (non-hydrogen) atoms. The van der Waals surface area contributed by atoms with E-state index in [4.69, 9.17) is 16.3 Å². The Morgan fingerprint density at radius 2 is 2.03 bits per heavy atom. The number of ether oxygens (including phenoxy) is 1. The van der Waals surface area contributed by atoms with Gasteiger partial charge in [0, 0.05) is 67.7 Å². The number of halogens is 1. The quantitative estimate of drug-likeness (QED) is 0.736. The van der Waals surface area contributed by atoms with Gasteiger partial charge in [0.1, 0.15) is 5.82 Å². The van der Waals surface area contributed by atoms with Crippen molar-refractivity contribution >= 4 is 46.1 Å². The summed E-state index contributed by atoms with van der Waals surface area (Å²) in [5, 5.41) is 4.36.